The summed E-state index contributed by atoms with van der Waals surface area (Å²) in [5, 5.41) is 0. The normalized spacial score (nSPS) is 11.6. The Morgan fingerprint density at radius 1 is 1.38 bits per heavy atom. The molecule has 0 aliphatic heterocycles. The number of carbonyl (C=O) groups is 1. The number of methoxy groups -OCH3 is 1. The minimum atomic E-state index is -4.86. The van der Waals surface area contributed by atoms with Gasteiger partial charge in [-0.2, -0.15) is 13.2 Å². The number of esters is 1. The van der Waals surface area contributed by atoms with E-state index in [2.05, 4.69) is 14.5 Å². The summed E-state index contributed by atoms with van der Waals surface area (Å²) in [6, 6.07) is 0.406. The van der Waals surface area contributed by atoms with E-state index in [1.807, 2.05) is 0 Å². The number of alkyl halides is 5. The van der Waals surface area contributed by atoms with Crippen molar-refractivity contribution in [2.24, 2.45) is 0 Å². The Bertz CT molecular complexity index is 516. The summed E-state index contributed by atoms with van der Waals surface area (Å²) in [6.07, 6.45) is -8.85. The van der Waals surface area contributed by atoms with E-state index in [1.54, 1.807) is 0 Å². The maximum absolute atomic E-state index is 12.9. The first-order valence-electron chi connectivity index (χ1n) is 5.79. The van der Waals surface area contributed by atoms with E-state index >= 15 is 0 Å². The van der Waals surface area contributed by atoms with Gasteiger partial charge < -0.3 is 9.47 Å². The van der Waals surface area contributed by atoms with Gasteiger partial charge in [-0.05, 0) is 13.0 Å². The molecular formula is C12H12F5NO3. The first-order valence-corrected chi connectivity index (χ1v) is 5.79. The molecule has 0 radical (unpaired) electrons. The molecule has 0 amide bonds. The first kappa shape index (κ1) is 17.1. The maximum atomic E-state index is 12.9. The molecule has 0 aliphatic carbocycles. The van der Waals surface area contributed by atoms with Gasteiger partial charge in [-0.25, -0.2) is 13.8 Å². The Morgan fingerprint density at radius 2 is 2.00 bits per heavy atom. The van der Waals surface area contributed by atoms with Crippen LogP contribution in [0, 0.1) is 0 Å². The molecule has 9 heteroatoms. The van der Waals surface area contributed by atoms with Crippen molar-refractivity contribution in [3.05, 3.63) is 23.0 Å². The van der Waals surface area contributed by atoms with Crippen molar-refractivity contribution in [3.63, 3.8) is 0 Å². The summed E-state index contributed by atoms with van der Waals surface area (Å²) in [4.78, 5) is 14.5. The summed E-state index contributed by atoms with van der Waals surface area (Å²) in [5.41, 5.74) is -3.08. The molecule has 0 saturated heterocycles. The zero-order valence-corrected chi connectivity index (χ0v) is 11.1. The molecule has 1 heterocycles. The Hall–Kier alpha value is -1.93. The molecule has 0 spiro atoms. The summed E-state index contributed by atoms with van der Waals surface area (Å²) in [7, 11) is 0.952. The van der Waals surface area contributed by atoms with Gasteiger partial charge in [-0.3, -0.25) is 4.79 Å². The Kier molecular flexibility index (Phi) is 5.45. The molecule has 1 rings (SSSR count). The Morgan fingerprint density at radius 3 is 2.43 bits per heavy atom. The van der Waals surface area contributed by atoms with Crippen LogP contribution in [0.4, 0.5) is 22.0 Å². The molecule has 0 N–H and O–H groups in total. The number of hydrogen-bond acceptors (Lipinski definition) is 4. The van der Waals surface area contributed by atoms with Gasteiger partial charge in [0.2, 0.25) is 0 Å². The summed E-state index contributed by atoms with van der Waals surface area (Å²) < 4.78 is 73.2. The molecule has 0 atom stereocenters. The second-order valence-corrected chi connectivity index (χ2v) is 3.85. The zero-order valence-electron chi connectivity index (χ0n) is 11.1. The van der Waals surface area contributed by atoms with Gasteiger partial charge in [0.15, 0.2) is 0 Å². The van der Waals surface area contributed by atoms with Gasteiger partial charge >= 0.3 is 12.1 Å². The van der Waals surface area contributed by atoms with Crippen molar-refractivity contribution in [1.82, 2.24) is 4.98 Å². The molecule has 0 saturated carbocycles. The molecule has 118 valence electrons. The van der Waals surface area contributed by atoms with Crippen LogP contribution in [0.15, 0.2) is 6.07 Å². The third kappa shape index (κ3) is 4.27. The fourth-order valence-corrected chi connectivity index (χ4v) is 1.60. The number of pyridine rings is 1. The highest BCUT2D eigenvalue weighted by Crippen LogP contribution is 2.37. The van der Waals surface area contributed by atoms with Crippen LogP contribution in [0.1, 0.15) is 30.3 Å². The smallest absolute Gasteiger partial charge is 0.418 e. The largest absolute Gasteiger partial charge is 0.495 e. The van der Waals surface area contributed by atoms with E-state index in [1.165, 1.54) is 6.92 Å². The van der Waals surface area contributed by atoms with Crippen LogP contribution in [0.25, 0.3) is 0 Å². The molecule has 1 aromatic heterocycles. The predicted molar refractivity (Wildman–Crippen MR) is 61.1 cm³/mol. The highest BCUT2D eigenvalue weighted by Gasteiger charge is 2.37. The molecule has 0 unspecified atom stereocenters. The predicted octanol–water partition coefficient (Wildman–Crippen LogP) is 3.15. The second kappa shape index (κ2) is 6.68. The van der Waals surface area contributed by atoms with Crippen LogP contribution in [0.3, 0.4) is 0 Å². The van der Waals surface area contributed by atoms with Crippen LogP contribution in [0.2, 0.25) is 0 Å². The molecule has 1 aromatic rings. The molecule has 0 aromatic carbocycles. The van der Waals surface area contributed by atoms with Gasteiger partial charge in [-0.1, -0.05) is 0 Å². The van der Waals surface area contributed by atoms with E-state index in [4.69, 9.17) is 0 Å². The standard InChI is InChI=1S/C12H12F5NO3/c1-3-21-9(19)5-7-6(12(15,16)17)4-8(20-2)10(18-7)11(13)14/h4,11H,3,5H2,1-2H3. The van der Waals surface area contributed by atoms with E-state index in [0.29, 0.717) is 6.07 Å². The number of aromatic nitrogens is 1. The van der Waals surface area contributed by atoms with Crippen LogP contribution in [0.5, 0.6) is 5.75 Å². The van der Waals surface area contributed by atoms with Crippen molar-refractivity contribution in [1.29, 1.82) is 0 Å². The molecule has 0 fully saturated rings. The fraction of sp³-hybridized carbons (Fsp3) is 0.500. The van der Waals surface area contributed by atoms with Gasteiger partial charge in [0.05, 0.1) is 31.4 Å². The van der Waals surface area contributed by atoms with E-state index < -0.39 is 47.7 Å². The van der Waals surface area contributed by atoms with Crippen LogP contribution >= 0.6 is 0 Å². The second-order valence-electron chi connectivity index (χ2n) is 3.85. The van der Waals surface area contributed by atoms with Gasteiger partial charge in [0.1, 0.15) is 11.4 Å². The van der Waals surface area contributed by atoms with Crippen molar-refractivity contribution < 1.29 is 36.2 Å². The number of halogens is 5. The minimum Gasteiger partial charge on any atom is -0.495 e. The minimum absolute atomic E-state index is 0.0436. The molecule has 4 nitrogen and oxygen atoms in total. The maximum Gasteiger partial charge on any atom is 0.418 e. The number of ether oxygens (including phenoxy) is 2. The Labute approximate surface area is 116 Å². The lowest BCUT2D eigenvalue weighted by Crippen LogP contribution is -2.17. The van der Waals surface area contributed by atoms with E-state index in [0.717, 1.165) is 7.11 Å². The number of carbonyl (C=O) groups excluding carboxylic acids is 1. The monoisotopic (exact) mass is 313 g/mol. The lowest BCUT2D eigenvalue weighted by molar-refractivity contribution is -0.143. The quantitative estimate of drug-likeness (QED) is 0.619. The third-order valence-corrected chi connectivity index (χ3v) is 2.44. The van der Waals surface area contributed by atoms with Gasteiger partial charge in [0, 0.05) is 0 Å². The van der Waals surface area contributed by atoms with Gasteiger partial charge in [-0.15, -0.1) is 0 Å². The van der Waals surface area contributed by atoms with Crippen LogP contribution in [-0.2, 0) is 22.1 Å². The highest BCUT2D eigenvalue weighted by molar-refractivity contribution is 5.72. The Balaban J connectivity index is 3.36. The van der Waals surface area contributed by atoms with Crippen molar-refractivity contribution in [3.8, 4) is 5.75 Å². The topological polar surface area (TPSA) is 48.4 Å². The van der Waals surface area contributed by atoms with Crippen LogP contribution < -0.4 is 4.74 Å². The zero-order chi connectivity index (χ0) is 16.2. The van der Waals surface area contributed by atoms with Gasteiger partial charge in [0.25, 0.3) is 6.43 Å². The molecule has 0 aliphatic rings. The lowest BCUT2D eigenvalue weighted by atomic mass is 10.1. The lowest BCUT2D eigenvalue weighted by Gasteiger charge is -2.16. The van der Waals surface area contributed by atoms with Crippen LogP contribution in [-0.4, -0.2) is 24.7 Å². The highest BCUT2D eigenvalue weighted by atomic mass is 19.4. The molecular weight excluding hydrogens is 301 g/mol. The number of rotatable bonds is 5. The molecule has 0 bridgehead atoms. The summed E-state index contributed by atoms with van der Waals surface area (Å²) >= 11 is 0. The first-order chi connectivity index (χ1) is 9.70. The third-order valence-electron chi connectivity index (χ3n) is 2.44. The average molecular weight is 313 g/mol. The number of nitrogens with zero attached hydrogens (tertiary/aromatic N) is 1. The fourth-order valence-electron chi connectivity index (χ4n) is 1.60. The van der Waals surface area contributed by atoms with Crippen molar-refractivity contribution in [2.75, 3.05) is 13.7 Å². The van der Waals surface area contributed by atoms with Crippen molar-refractivity contribution in [2.45, 2.75) is 25.9 Å². The van der Waals surface area contributed by atoms with E-state index in [-0.39, 0.29) is 6.61 Å². The SMILES string of the molecule is CCOC(=O)Cc1nc(C(F)F)c(OC)cc1C(F)(F)F. The van der Waals surface area contributed by atoms with E-state index in [9.17, 15) is 26.7 Å². The molecule has 21 heavy (non-hydrogen) atoms. The summed E-state index contributed by atoms with van der Waals surface area (Å²) in [6.45, 7) is 1.42. The summed E-state index contributed by atoms with van der Waals surface area (Å²) in [5.74, 6) is -1.68. The average Bonchev–Trinajstić information content (AvgIpc) is 2.37. The number of hydrogen-bond donors (Lipinski definition) is 0. The van der Waals surface area contributed by atoms with Crippen molar-refractivity contribution >= 4 is 5.97 Å².